The van der Waals surface area contributed by atoms with Gasteiger partial charge in [-0.1, -0.05) is 17.3 Å². The third kappa shape index (κ3) is 3.13. The van der Waals surface area contributed by atoms with Gasteiger partial charge in [0, 0.05) is 19.6 Å². The van der Waals surface area contributed by atoms with Crippen molar-refractivity contribution in [1.82, 2.24) is 20.4 Å². The minimum atomic E-state index is -0.0184. The number of carbonyl (C=O) groups excluding carboxylic acids is 1. The van der Waals surface area contributed by atoms with Crippen LogP contribution in [-0.4, -0.2) is 47.1 Å². The van der Waals surface area contributed by atoms with E-state index in [4.69, 9.17) is 4.52 Å². The molecule has 1 atom stereocenters. The van der Waals surface area contributed by atoms with Crippen molar-refractivity contribution >= 4 is 18.3 Å². The fourth-order valence-corrected chi connectivity index (χ4v) is 2.59. The van der Waals surface area contributed by atoms with Crippen molar-refractivity contribution in [2.24, 2.45) is 0 Å². The highest BCUT2D eigenvalue weighted by atomic mass is 35.5. The Labute approximate surface area is 135 Å². The van der Waals surface area contributed by atoms with Gasteiger partial charge in [0.2, 0.25) is 0 Å². The number of nitrogens with one attached hydrogen (secondary N) is 1. The largest absolute Gasteiger partial charge is 0.337 e. The predicted octanol–water partition coefficient (Wildman–Crippen LogP) is 1.90. The van der Waals surface area contributed by atoms with Gasteiger partial charge in [-0.3, -0.25) is 4.79 Å². The smallest absolute Gasteiger partial charge is 0.258 e. The highest BCUT2D eigenvalue weighted by Crippen LogP contribution is 2.24. The van der Waals surface area contributed by atoms with Crippen LogP contribution in [0.3, 0.4) is 0 Å². The molecule has 1 aliphatic rings. The lowest BCUT2D eigenvalue weighted by Gasteiger charge is -2.24. The van der Waals surface area contributed by atoms with Crippen molar-refractivity contribution in [3.63, 3.8) is 0 Å². The van der Waals surface area contributed by atoms with Gasteiger partial charge in [0.05, 0.1) is 11.1 Å². The van der Waals surface area contributed by atoms with E-state index in [1.807, 2.05) is 25.2 Å². The van der Waals surface area contributed by atoms with Crippen LogP contribution in [-0.2, 0) is 0 Å². The van der Waals surface area contributed by atoms with Gasteiger partial charge >= 0.3 is 0 Å². The van der Waals surface area contributed by atoms with Crippen LogP contribution in [0.4, 0.5) is 0 Å². The molecule has 6 nitrogen and oxygen atoms in total. The first-order chi connectivity index (χ1) is 10.2. The first kappa shape index (κ1) is 16.5. The van der Waals surface area contributed by atoms with Gasteiger partial charge in [-0.25, -0.2) is 0 Å². The molecule has 1 aromatic carbocycles. The summed E-state index contributed by atoms with van der Waals surface area (Å²) < 4.78 is 5.20. The first-order valence-corrected chi connectivity index (χ1v) is 7.04. The summed E-state index contributed by atoms with van der Waals surface area (Å²) in [6.45, 7) is 3.55. The minimum Gasteiger partial charge on any atom is -0.337 e. The quantitative estimate of drug-likeness (QED) is 0.934. The first-order valence-electron chi connectivity index (χ1n) is 7.04. The van der Waals surface area contributed by atoms with Gasteiger partial charge in [0.25, 0.3) is 11.8 Å². The summed E-state index contributed by atoms with van der Waals surface area (Å²) in [4.78, 5) is 18.8. The fourth-order valence-electron chi connectivity index (χ4n) is 2.59. The predicted molar refractivity (Wildman–Crippen MR) is 85.1 cm³/mol. The summed E-state index contributed by atoms with van der Waals surface area (Å²) in [5, 5.41) is 7.07. The van der Waals surface area contributed by atoms with Crippen LogP contribution in [0.5, 0.6) is 0 Å². The molecule has 7 heteroatoms. The molecular formula is C15H19ClN4O2. The average Bonchev–Trinajstić information content (AvgIpc) is 3.17. The highest BCUT2D eigenvalue weighted by Gasteiger charge is 2.26. The van der Waals surface area contributed by atoms with Crippen LogP contribution >= 0.6 is 12.4 Å². The van der Waals surface area contributed by atoms with Crippen LogP contribution in [0.25, 0.3) is 11.5 Å². The average molecular weight is 323 g/mol. The second kappa shape index (κ2) is 6.89. The number of amides is 1. The molecule has 118 valence electrons. The Hall–Kier alpha value is -1.92. The maximum atomic E-state index is 12.7. The number of rotatable bonds is 3. The third-order valence-corrected chi connectivity index (χ3v) is 3.82. The van der Waals surface area contributed by atoms with E-state index in [0.29, 0.717) is 22.8 Å². The summed E-state index contributed by atoms with van der Waals surface area (Å²) in [6, 6.07) is 7.58. The topological polar surface area (TPSA) is 71.3 Å². The van der Waals surface area contributed by atoms with Crippen molar-refractivity contribution in [3.8, 4) is 11.5 Å². The Morgan fingerprint density at radius 3 is 2.82 bits per heavy atom. The molecule has 1 aromatic heterocycles. The van der Waals surface area contributed by atoms with Gasteiger partial charge in [-0.2, -0.15) is 4.98 Å². The highest BCUT2D eigenvalue weighted by molar-refractivity contribution is 6.00. The number of hydrogen-bond acceptors (Lipinski definition) is 5. The van der Waals surface area contributed by atoms with E-state index in [2.05, 4.69) is 15.5 Å². The van der Waals surface area contributed by atoms with Crippen LogP contribution in [0.15, 0.2) is 28.8 Å². The van der Waals surface area contributed by atoms with E-state index in [1.165, 1.54) is 0 Å². The molecule has 1 N–H and O–H groups in total. The van der Waals surface area contributed by atoms with Gasteiger partial charge < -0.3 is 14.7 Å². The Balaban J connectivity index is 0.00000176. The number of nitrogens with zero attached hydrogens (tertiary/aromatic N) is 3. The van der Waals surface area contributed by atoms with Gasteiger partial charge in [-0.15, -0.1) is 12.4 Å². The number of carbonyl (C=O) groups is 1. The Kier molecular flexibility index (Phi) is 5.15. The lowest BCUT2D eigenvalue weighted by molar-refractivity contribution is 0.0744. The summed E-state index contributed by atoms with van der Waals surface area (Å²) >= 11 is 0. The number of aromatic nitrogens is 2. The van der Waals surface area contributed by atoms with Gasteiger partial charge in [0.15, 0.2) is 5.82 Å². The molecule has 0 saturated carbocycles. The zero-order chi connectivity index (χ0) is 14.8. The number of likely N-dealkylation sites (N-methyl/N-ethyl adjacent to an activating group) is 1. The molecule has 0 spiro atoms. The number of halogens is 1. The molecule has 0 aliphatic carbocycles. The standard InChI is InChI=1S/C15H18N4O2.ClH/c1-10-17-14(21-18-10)12-5-3-4-6-13(12)15(20)19(2)11-7-8-16-9-11;/h3-6,11,16H,7-9H2,1-2H3;1H. The number of benzene rings is 1. The lowest BCUT2D eigenvalue weighted by Crippen LogP contribution is -2.38. The summed E-state index contributed by atoms with van der Waals surface area (Å²) in [5.41, 5.74) is 1.27. The molecule has 1 amide bonds. The maximum Gasteiger partial charge on any atom is 0.258 e. The molecule has 1 aliphatic heterocycles. The molecule has 2 aromatic rings. The van der Waals surface area contributed by atoms with E-state index in [9.17, 15) is 4.79 Å². The molecule has 1 fully saturated rings. The molecule has 22 heavy (non-hydrogen) atoms. The molecule has 3 rings (SSSR count). The second-order valence-corrected chi connectivity index (χ2v) is 5.26. The van der Waals surface area contributed by atoms with Crippen molar-refractivity contribution in [2.75, 3.05) is 20.1 Å². The van der Waals surface area contributed by atoms with E-state index in [0.717, 1.165) is 19.5 Å². The Bertz CT molecular complexity index is 652. The van der Waals surface area contributed by atoms with E-state index in [1.54, 1.807) is 17.9 Å². The second-order valence-electron chi connectivity index (χ2n) is 5.26. The lowest BCUT2D eigenvalue weighted by atomic mass is 10.1. The van der Waals surface area contributed by atoms with E-state index >= 15 is 0 Å². The minimum absolute atomic E-state index is 0. The van der Waals surface area contributed by atoms with Crippen LogP contribution in [0, 0.1) is 6.92 Å². The molecule has 0 radical (unpaired) electrons. The van der Waals surface area contributed by atoms with Crippen molar-refractivity contribution < 1.29 is 9.32 Å². The summed E-state index contributed by atoms with van der Waals surface area (Å²) in [5.74, 6) is 0.921. The zero-order valence-corrected chi connectivity index (χ0v) is 13.4. The summed E-state index contributed by atoms with van der Waals surface area (Å²) in [6.07, 6.45) is 0.976. The Morgan fingerprint density at radius 1 is 1.41 bits per heavy atom. The van der Waals surface area contributed by atoms with Crippen molar-refractivity contribution in [3.05, 3.63) is 35.7 Å². The zero-order valence-electron chi connectivity index (χ0n) is 12.6. The maximum absolute atomic E-state index is 12.7. The molecular weight excluding hydrogens is 304 g/mol. The monoisotopic (exact) mass is 322 g/mol. The molecule has 0 bridgehead atoms. The molecule has 1 saturated heterocycles. The van der Waals surface area contributed by atoms with Crippen LogP contribution in [0.1, 0.15) is 22.6 Å². The third-order valence-electron chi connectivity index (χ3n) is 3.82. The van der Waals surface area contributed by atoms with Crippen molar-refractivity contribution in [1.29, 1.82) is 0 Å². The normalized spacial score (nSPS) is 17.1. The van der Waals surface area contributed by atoms with Gasteiger partial charge in [-0.05, 0) is 32.0 Å². The van der Waals surface area contributed by atoms with Crippen LogP contribution < -0.4 is 5.32 Å². The van der Waals surface area contributed by atoms with E-state index in [-0.39, 0.29) is 24.4 Å². The summed E-state index contributed by atoms with van der Waals surface area (Å²) in [7, 11) is 1.84. The fraction of sp³-hybridized carbons (Fsp3) is 0.400. The number of hydrogen-bond donors (Lipinski definition) is 1. The van der Waals surface area contributed by atoms with Crippen molar-refractivity contribution in [2.45, 2.75) is 19.4 Å². The van der Waals surface area contributed by atoms with Crippen LogP contribution in [0.2, 0.25) is 0 Å². The van der Waals surface area contributed by atoms with E-state index < -0.39 is 0 Å². The Morgan fingerprint density at radius 2 is 2.18 bits per heavy atom. The molecule has 2 heterocycles. The molecule has 1 unspecified atom stereocenters. The van der Waals surface area contributed by atoms with Gasteiger partial charge in [0.1, 0.15) is 0 Å². The number of aryl methyl sites for hydroxylation is 1. The SMILES string of the molecule is Cc1noc(-c2ccccc2C(=O)N(C)C2CCNC2)n1.Cl.